The third-order valence-corrected chi connectivity index (χ3v) is 8.93. The molecule has 256 valence electrons. The first-order valence-electron chi connectivity index (χ1n) is 15.3. The average molecular weight is 695 g/mol. The van der Waals surface area contributed by atoms with Crippen molar-refractivity contribution in [3.8, 4) is 28.3 Å². The smallest absolute Gasteiger partial charge is 0.332 e. The van der Waals surface area contributed by atoms with Gasteiger partial charge in [-0.1, -0.05) is 41.9 Å². The van der Waals surface area contributed by atoms with Crippen molar-refractivity contribution in [3.63, 3.8) is 0 Å². The molecule has 2 aromatic carbocycles. The summed E-state index contributed by atoms with van der Waals surface area (Å²) < 4.78 is 40.4. The van der Waals surface area contributed by atoms with Crippen molar-refractivity contribution in [2.24, 2.45) is 14.1 Å². The van der Waals surface area contributed by atoms with Crippen molar-refractivity contribution in [1.82, 2.24) is 34.4 Å². The number of rotatable bonds is 9. The Kier molecular flexibility index (Phi) is 9.70. The summed E-state index contributed by atoms with van der Waals surface area (Å²) in [6, 6.07) is 10.6. The van der Waals surface area contributed by atoms with E-state index in [1.165, 1.54) is 21.2 Å². The van der Waals surface area contributed by atoms with Crippen LogP contribution in [0.2, 0.25) is 5.02 Å². The molecule has 0 radical (unpaired) electrons. The number of aryl methyl sites for hydroxylation is 1. The van der Waals surface area contributed by atoms with E-state index >= 15 is 0 Å². The van der Waals surface area contributed by atoms with Gasteiger partial charge in [0.2, 0.25) is 5.88 Å². The van der Waals surface area contributed by atoms with Gasteiger partial charge in [0.15, 0.2) is 11.5 Å². The summed E-state index contributed by atoms with van der Waals surface area (Å²) in [5.41, 5.74) is 2.47. The lowest BCUT2D eigenvalue weighted by atomic mass is 9.96. The van der Waals surface area contributed by atoms with Crippen molar-refractivity contribution >= 4 is 34.1 Å². The molecule has 3 aromatic heterocycles. The number of halogens is 3. The highest BCUT2D eigenvalue weighted by molar-refractivity contribution is 6.36. The number of aliphatic hydroxyl groups excluding tert-OH is 1. The molecule has 13 nitrogen and oxygen atoms in total. The van der Waals surface area contributed by atoms with Crippen LogP contribution in [0, 0.1) is 6.92 Å². The van der Waals surface area contributed by atoms with Crippen LogP contribution >= 0.6 is 11.6 Å². The van der Waals surface area contributed by atoms with Crippen LogP contribution < -0.4 is 26.6 Å². The van der Waals surface area contributed by atoms with E-state index in [-0.39, 0.29) is 29.5 Å². The molecular weight excluding hydrogens is 662 g/mol. The maximum atomic E-state index is 13.8. The lowest BCUT2D eigenvalue weighted by Crippen LogP contribution is -2.46. The predicted molar refractivity (Wildman–Crippen MR) is 180 cm³/mol. The number of alkyl halides is 2. The molecule has 6 rings (SSSR count). The molecule has 1 saturated heterocycles. The number of methoxy groups -OCH3 is 1. The van der Waals surface area contributed by atoms with Crippen LogP contribution in [0.3, 0.4) is 0 Å². The number of nitrogens with zero attached hydrogens (tertiary/aromatic N) is 6. The Labute approximate surface area is 283 Å². The highest BCUT2D eigenvalue weighted by Crippen LogP contribution is 2.39. The zero-order chi connectivity index (χ0) is 35.0. The van der Waals surface area contributed by atoms with Gasteiger partial charge in [-0.15, -0.1) is 0 Å². The first-order chi connectivity index (χ1) is 23.5. The molecule has 4 heterocycles. The number of aliphatic hydroxyl groups is 1. The highest BCUT2D eigenvalue weighted by Gasteiger charge is 2.25. The molecule has 2 atom stereocenters. The SMILES string of the molecule is COc1nc(-c2cccc(-c3cccc(Nc4nc(C(F)F)nc5c4c(=O)n(C)c(=O)n5C)c3C)c2Cl)cnc1CN[C@@H]1CCOC[C@H]1O. The third kappa shape index (κ3) is 6.49. The first kappa shape index (κ1) is 34.0. The Morgan fingerprint density at radius 3 is 2.55 bits per heavy atom. The van der Waals surface area contributed by atoms with Crippen LogP contribution in [0.25, 0.3) is 33.4 Å². The second kappa shape index (κ2) is 14.0. The molecule has 0 aliphatic carbocycles. The number of hydrogen-bond donors (Lipinski definition) is 3. The minimum Gasteiger partial charge on any atom is -0.480 e. The maximum Gasteiger partial charge on any atom is 0.332 e. The monoisotopic (exact) mass is 694 g/mol. The number of aromatic nitrogens is 6. The lowest BCUT2D eigenvalue weighted by Gasteiger charge is -2.28. The molecule has 5 aromatic rings. The summed E-state index contributed by atoms with van der Waals surface area (Å²) in [5.74, 6) is -0.693. The van der Waals surface area contributed by atoms with Crippen LogP contribution in [0.4, 0.5) is 20.3 Å². The Morgan fingerprint density at radius 2 is 1.82 bits per heavy atom. The van der Waals surface area contributed by atoms with Gasteiger partial charge in [0.1, 0.15) is 16.9 Å². The topological polar surface area (TPSA) is 158 Å². The second-order valence-electron chi connectivity index (χ2n) is 11.5. The van der Waals surface area contributed by atoms with E-state index in [9.17, 15) is 23.5 Å². The highest BCUT2D eigenvalue weighted by atomic mass is 35.5. The van der Waals surface area contributed by atoms with E-state index in [4.69, 9.17) is 21.1 Å². The molecule has 3 N–H and O–H groups in total. The van der Waals surface area contributed by atoms with E-state index in [0.29, 0.717) is 69.8 Å². The van der Waals surface area contributed by atoms with Crippen molar-refractivity contribution in [1.29, 1.82) is 0 Å². The molecule has 1 fully saturated rings. The van der Waals surface area contributed by atoms with E-state index in [2.05, 4.69) is 30.6 Å². The van der Waals surface area contributed by atoms with Gasteiger partial charge < -0.3 is 25.2 Å². The maximum absolute atomic E-state index is 13.8. The molecule has 1 aliphatic heterocycles. The predicted octanol–water partition coefficient (Wildman–Crippen LogP) is 4.04. The van der Waals surface area contributed by atoms with Gasteiger partial charge in [-0.25, -0.2) is 28.5 Å². The van der Waals surface area contributed by atoms with Crippen LogP contribution in [-0.2, 0) is 25.4 Å². The standard InChI is InChI=1S/C33H33ClF2N8O5/c1-16-17(7-6-10-20(16)39-28-25-30(42-29(41-28)27(35)36)43(2)33(47)44(3)32(25)46)18-8-5-9-19(26(18)34)22-13-38-23(31(40-22)48-4)14-37-21-11-12-49-15-24(21)45/h5-10,13,21,24,27,37,45H,11-12,14-15H2,1-4H3,(H,39,41,42)/t21-,24-/m1/s1. The number of nitrogens with one attached hydrogen (secondary N) is 2. The van der Waals surface area contributed by atoms with Gasteiger partial charge in [0, 0.05) is 50.1 Å². The van der Waals surface area contributed by atoms with Gasteiger partial charge in [-0.2, -0.15) is 0 Å². The fourth-order valence-electron chi connectivity index (χ4n) is 5.79. The summed E-state index contributed by atoms with van der Waals surface area (Å²) in [5, 5.41) is 16.8. The Morgan fingerprint density at radius 1 is 1.08 bits per heavy atom. The molecule has 0 amide bonds. The Hall–Kier alpha value is -4.83. The fraction of sp³-hybridized carbons (Fsp3) is 0.333. The van der Waals surface area contributed by atoms with Crippen molar-refractivity contribution < 1.29 is 23.4 Å². The zero-order valence-electron chi connectivity index (χ0n) is 27.0. The summed E-state index contributed by atoms with van der Waals surface area (Å²) in [4.78, 5) is 42.8. The first-order valence-corrected chi connectivity index (χ1v) is 15.7. The summed E-state index contributed by atoms with van der Waals surface area (Å²) in [7, 11) is 4.14. The van der Waals surface area contributed by atoms with Crippen LogP contribution in [0.5, 0.6) is 5.88 Å². The quantitative estimate of drug-likeness (QED) is 0.205. The van der Waals surface area contributed by atoms with Gasteiger partial charge in [0.25, 0.3) is 12.0 Å². The van der Waals surface area contributed by atoms with Crippen LogP contribution in [0.15, 0.2) is 52.2 Å². The minimum absolute atomic E-state index is 0.117. The fourth-order valence-corrected chi connectivity index (χ4v) is 6.12. The summed E-state index contributed by atoms with van der Waals surface area (Å²) in [6.07, 6.45) is -1.40. The zero-order valence-corrected chi connectivity index (χ0v) is 27.8. The van der Waals surface area contributed by atoms with Crippen LogP contribution in [0.1, 0.15) is 29.9 Å². The number of anilines is 2. The normalized spacial score (nSPS) is 16.3. The Bertz CT molecular complexity index is 2180. The van der Waals surface area contributed by atoms with Crippen LogP contribution in [-0.4, -0.2) is 66.6 Å². The average Bonchev–Trinajstić information content (AvgIpc) is 3.10. The van der Waals surface area contributed by atoms with Crippen molar-refractivity contribution in [2.45, 2.75) is 38.5 Å². The molecular formula is C33H33ClF2N8O5. The largest absolute Gasteiger partial charge is 0.480 e. The second-order valence-corrected chi connectivity index (χ2v) is 11.9. The molecule has 0 spiro atoms. The number of hydrogen-bond acceptors (Lipinski definition) is 11. The minimum atomic E-state index is -3.05. The Balaban J connectivity index is 1.35. The van der Waals surface area contributed by atoms with Crippen molar-refractivity contribution in [2.75, 3.05) is 25.6 Å². The van der Waals surface area contributed by atoms with Gasteiger partial charge in [-0.3, -0.25) is 18.9 Å². The molecule has 0 saturated carbocycles. The molecule has 49 heavy (non-hydrogen) atoms. The molecule has 0 unspecified atom stereocenters. The van der Waals surface area contributed by atoms with Gasteiger partial charge in [-0.05, 0) is 30.5 Å². The van der Waals surface area contributed by atoms with E-state index < -0.39 is 29.6 Å². The van der Waals surface area contributed by atoms with E-state index in [0.717, 1.165) is 9.13 Å². The summed E-state index contributed by atoms with van der Waals surface area (Å²) >= 11 is 7.02. The molecule has 1 aliphatic rings. The lowest BCUT2D eigenvalue weighted by molar-refractivity contribution is -0.0281. The number of fused-ring (bicyclic) bond motifs is 1. The molecule has 0 bridgehead atoms. The third-order valence-electron chi connectivity index (χ3n) is 8.53. The molecule has 16 heteroatoms. The van der Waals surface area contributed by atoms with E-state index in [1.54, 1.807) is 18.3 Å². The van der Waals surface area contributed by atoms with E-state index in [1.807, 2.05) is 31.2 Å². The van der Waals surface area contributed by atoms with Gasteiger partial charge >= 0.3 is 5.69 Å². The van der Waals surface area contributed by atoms with Crippen molar-refractivity contribution in [3.05, 3.63) is 85.5 Å². The number of ether oxygens (including phenoxy) is 2. The van der Waals surface area contributed by atoms with Gasteiger partial charge in [0.05, 0.1) is 36.7 Å². The number of benzene rings is 2. The summed E-state index contributed by atoms with van der Waals surface area (Å²) in [6.45, 7) is 2.97.